The second-order valence-corrected chi connectivity index (χ2v) is 7.81. The second-order valence-electron chi connectivity index (χ2n) is 7.81. The average molecular weight is 390 g/mol. The van der Waals surface area contributed by atoms with Crippen LogP contribution < -0.4 is 5.32 Å². The van der Waals surface area contributed by atoms with Crippen LogP contribution in [0.1, 0.15) is 43.7 Å². The largest absolute Gasteiger partial charge is 0.459 e. The van der Waals surface area contributed by atoms with E-state index in [1.54, 1.807) is 17.0 Å². The first-order chi connectivity index (χ1) is 13.5. The summed E-state index contributed by atoms with van der Waals surface area (Å²) in [5.41, 5.74) is 0. The van der Waals surface area contributed by atoms with Gasteiger partial charge in [0.25, 0.3) is 5.91 Å². The Morgan fingerprint density at radius 2 is 1.89 bits per heavy atom. The van der Waals surface area contributed by atoms with Crippen LogP contribution in [0.4, 0.5) is 0 Å². The predicted octanol–water partition coefficient (Wildman–Crippen LogP) is 0.943. The molecule has 2 aliphatic heterocycles. The third-order valence-electron chi connectivity index (χ3n) is 5.28. The molecule has 0 saturated carbocycles. The summed E-state index contributed by atoms with van der Waals surface area (Å²) in [5.74, 6) is 0.0795. The number of piperazine rings is 1. The lowest BCUT2D eigenvalue weighted by atomic mass is 10.00. The zero-order chi connectivity index (χ0) is 20.1. The maximum absolute atomic E-state index is 13.1. The summed E-state index contributed by atoms with van der Waals surface area (Å²) in [6.45, 7) is 7.28. The van der Waals surface area contributed by atoms with E-state index in [1.165, 1.54) is 6.26 Å². The fourth-order valence-corrected chi connectivity index (χ4v) is 3.88. The normalized spacial score (nSPS) is 21.0. The van der Waals surface area contributed by atoms with Gasteiger partial charge in [-0.15, -0.1) is 0 Å². The quantitative estimate of drug-likeness (QED) is 0.809. The Bertz CT molecular complexity index is 680. The van der Waals surface area contributed by atoms with Gasteiger partial charge < -0.3 is 19.5 Å². The number of carbonyl (C=O) groups excluding carboxylic acids is 3. The Morgan fingerprint density at radius 3 is 2.54 bits per heavy atom. The van der Waals surface area contributed by atoms with Crippen LogP contribution in [0.15, 0.2) is 22.8 Å². The fourth-order valence-electron chi connectivity index (χ4n) is 3.88. The monoisotopic (exact) mass is 390 g/mol. The topological polar surface area (TPSA) is 86.1 Å². The summed E-state index contributed by atoms with van der Waals surface area (Å²) in [5, 5.41) is 2.89. The molecular formula is C20H30N4O4. The molecule has 1 N–H and O–H groups in total. The van der Waals surface area contributed by atoms with Crippen LogP contribution >= 0.6 is 0 Å². The summed E-state index contributed by atoms with van der Waals surface area (Å²) in [4.78, 5) is 43.3. The van der Waals surface area contributed by atoms with Gasteiger partial charge in [-0.05, 0) is 45.2 Å². The molecule has 0 aliphatic carbocycles. The number of piperidine rings is 1. The molecule has 8 heteroatoms. The Morgan fingerprint density at radius 1 is 1.14 bits per heavy atom. The molecule has 8 nitrogen and oxygen atoms in total. The van der Waals surface area contributed by atoms with Gasteiger partial charge in [0.15, 0.2) is 5.76 Å². The average Bonchev–Trinajstić information content (AvgIpc) is 3.21. The lowest BCUT2D eigenvalue weighted by molar-refractivity contribution is -0.139. The van der Waals surface area contributed by atoms with Crippen LogP contribution in [-0.4, -0.2) is 83.8 Å². The smallest absolute Gasteiger partial charge is 0.290 e. The number of likely N-dealkylation sites (tertiary alicyclic amines) is 1. The number of rotatable bonds is 5. The number of carbonyl (C=O) groups is 3. The maximum atomic E-state index is 13.1. The summed E-state index contributed by atoms with van der Waals surface area (Å²) < 4.78 is 5.24. The van der Waals surface area contributed by atoms with E-state index in [2.05, 4.69) is 10.2 Å². The Kier molecular flexibility index (Phi) is 6.72. The second kappa shape index (κ2) is 9.23. The van der Waals surface area contributed by atoms with Crippen LogP contribution in [0.25, 0.3) is 0 Å². The highest BCUT2D eigenvalue weighted by atomic mass is 16.3. The molecule has 1 aromatic heterocycles. The van der Waals surface area contributed by atoms with E-state index in [1.807, 2.05) is 18.7 Å². The first kappa shape index (κ1) is 20.4. The van der Waals surface area contributed by atoms with Crippen molar-refractivity contribution in [3.63, 3.8) is 0 Å². The molecule has 28 heavy (non-hydrogen) atoms. The van der Waals surface area contributed by atoms with E-state index < -0.39 is 6.04 Å². The minimum absolute atomic E-state index is 0.00545. The van der Waals surface area contributed by atoms with E-state index >= 15 is 0 Å². The number of hydrogen-bond donors (Lipinski definition) is 1. The standard InChI is InChI=1S/C20H30N4O4/c1-15(2)21-18(25)14-22-9-11-23(12-10-22)19(26)16-6-3-4-8-24(16)20(27)17-7-5-13-28-17/h5,7,13,15-16H,3-4,6,8-12,14H2,1-2H3,(H,21,25). The molecule has 1 aromatic rings. The molecule has 3 heterocycles. The van der Waals surface area contributed by atoms with E-state index in [4.69, 9.17) is 4.42 Å². The van der Waals surface area contributed by atoms with Crippen molar-refractivity contribution in [2.45, 2.75) is 45.2 Å². The van der Waals surface area contributed by atoms with Gasteiger partial charge in [-0.25, -0.2) is 0 Å². The van der Waals surface area contributed by atoms with E-state index in [0.717, 1.165) is 12.8 Å². The van der Waals surface area contributed by atoms with Gasteiger partial charge >= 0.3 is 0 Å². The minimum Gasteiger partial charge on any atom is -0.459 e. The van der Waals surface area contributed by atoms with E-state index in [9.17, 15) is 14.4 Å². The number of hydrogen-bond acceptors (Lipinski definition) is 5. The Labute approximate surface area is 165 Å². The molecule has 3 amide bonds. The zero-order valence-electron chi connectivity index (χ0n) is 16.7. The van der Waals surface area contributed by atoms with Crippen molar-refractivity contribution in [1.29, 1.82) is 0 Å². The van der Waals surface area contributed by atoms with E-state index in [0.29, 0.717) is 45.7 Å². The molecule has 0 aromatic carbocycles. The van der Waals surface area contributed by atoms with E-state index in [-0.39, 0.29) is 29.5 Å². The van der Waals surface area contributed by atoms with Crippen LogP contribution in [0.2, 0.25) is 0 Å². The molecule has 2 aliphatic rings. The molecular weight excluding hydrogens is 360 g/mol. The van der Waals surface area contributed by atoms with Gasteiger partial charge in [-0.2, -0.15) is 0 Å². The molecule has 0 bridgehead atoms. The SMILES string of the molecule is CC(C)NC(=O)CN1CCN(C(=O)C2CCCCN2C(=O)c2ccco2)CC1. The first-order valence-electron chi connectivity index (χ1n) is 10.1. The Balaban J connectivity index is 1.56. The van der Waals surface area contributed by atoms with Gasteiger partial charge in [0.2, 0.25) is 11.8 Å². The predicted molar refractivity (Wildman–Crippen MR) is 104 cm³/mol. The van der Waals surface area contributed by atoms with Gasteiger partial charge in [0.05, 0.1) is 12.8 Å². The number of nitrogens with zero attached hydrogens (tertiary/aromatic N) is 3. The van der Waals surface area contributed by atoms with Crippen molar-refractivity contribution in [3.05, 3.63) is 24.2 Å². The summed E-state index contributed by atoms with van der Waals surface area (Å²) in [7, 11) is 0. The highest BCUT2D eigenvalue weighted by Gasteiger charge is 2.37. The van der Waals surface area contributed by atoms with Gasteiger partial charge in [-0.1, -0.05) is 0 Å². The van der Waals surface area contributed by atoms with Crippen molar-refractivity contribution in [2.24, 2.45) is 0 Å². The molecule has 2 fully saturated rings. The lowest BCUT2D eigenvalue weighted by Crippen LogP contribution is -2.57. The molecule has 1 unspecified atom stereocenters. The van der Waals surface area contributed by atoms with Crippen LogP contribution in [0.3, 0.4) is 0 Å². The minimum atomic E-state index is -0.429. The van der Waals surface area contributed by atoms with Crippen molar-refractivity contribution in [2.75, 3.05) is 39.3 Å². The third-order valence-corrected chi connectivity index (χ3v) is 5.28. The molecule has 1 atom stereocenters. The van der Waals surface area contributed by atoms with Crippen molar-refractivity contribution in [1.82, 2.24) is 20.0 Å². The summed E-state index contributed by atoms with van der Waals surface area (Å²) in [6, 6.07) is 3.02. The number of amides is 3. The van der Waals surface area contributed by atoms with Gasteiger partial charge in [-0.3, -0.25) is 19.3 Å². The molecule has 0 spiro atoms. The van der Waals surface area contributed by atoms with Gasteiger partial charge in [0, 0.05) is 38.8 Å². The fraction of sp³-hybridized carbons (Fsp3) is 0.650. The van der Waals surface area contributed by atoms with Gasteiger partial charge in [0.1, 0.15) is 6.04 Å². The summed E-state index contributed by atoms with van der Waals surface area (Å²) in [6.07, 6.45) is 3.99. The molecule has 154 valence electrons. The number of furan rings is 1. The zero-order valence-corrected chi connectivity index (χ0v) is 16.7. The first-order valence-corrected chi connectivity index (χ1v) is 10.1. The molecule has 0 radical (unpaired) electrons. The van der Waals surface area contributed by atoms with Crippen LogP contribution in [0, 0.1) is 0 Å². The Hall–Kier alpha value is -2.35. The van der Waals surface area contributed by atoms with Crippen molar-refractivity contribution in [3.8, 4) is 0 Å². The number of nitrogens with one attached hydrogen (secondary N) is 1. The molecule has 2 saturated heterocycles. The maximum Gasteiger partial charge on any atom is 0.290 e. The molecule has 3 rings (SSSR count). The van der Waals surface area contributed by atoms with Crippen LogP contribution in [-0.2, 0) is 9.59 Å². The lowest BCUT2D eigenvalue weighted by Gasteiger charge is -2.40. The summed E-state index contributed by atoms with van der Waals surface area (Å²) >= 11 is 0. The van der Waals surface area contributed by atoms with Crippen LogP contribution in [0.5, 0.6) is 0 Å². The highest BCUT2D eigenvalue weighted by Crippen LogP contribution is 2.22. The highest BCUT2D eigenvalue weighted by molar-refractivity contribution is 5.95. The van der Waals surface area contributed by atoms with Crippen molar-refractivity contribution < 1.29 is 18.8 Å². The third kappa shape index (κ3) is 4.92. The van der Waals surface area contributed by atoms with Crippen molar-refractivity contribution >= 4 is 17.7 Å².